The van der Waals surface area contributed by atoms with E-state index in [-0.39, 0.29) is 0 Å². The summed E-state index contributed by atoms with van der Waals surface area (Å²) in [7, 11) is 0. The number of fused-ring (bicyclic) bond motifs is 1. The maximum absolute atomic E-state index is 6.04. The van der Waals surface area contributed by atoms with Gasteiger partial charge in [-0.05, 0) is 48.6 Å². The summed E-state index contributed by atoms with van der Waals surface area (Å²) >= 11 is 0. The molecule has 0 aliphatic carbocycles. The van der Waals surface area contributed by atoms with Crippen LogP contribution in [0.1, 0.15) is 38.3 Å². The Balaban J connectivity index is 1.94. The monoisotopic (exact) mass is 282 g/mol. The second-order valence-corrected chi connectivity index (χ2v) is 6.50. The number of hydrogen-bond acceptors (Lipinski definition) is 2. The highest BCUT2D eigenvalue weighted by Crippen LogP contribution is 2.33. The number of rotatable bonds is 3. The Morgan fingerprint density at radius 2 is 1.95 bits per heavy atom. The maximum Gasteiger partial charge on any atom is 0.0329 e. The van der Waals surface area contributed by atoms with E-state index in [1.807, 2.05) is 0 Å². The van der Waals surface area contributed by atoms with E-state index in [0.29, 0.717) is 12.1 Å². The normalized spacial score (nSPS) is 25.1. The minimum absolute atomic E-state index is 0.428. The third-order valence-corrected chi connectivity index (χ3v) is 5.07. The molecule has 2 N–H and O–H groups in total. The van der Waals surface area contributed by atoms with Gasteiger partial charge in [0.15, 0.2) is 0 Å². The van der Waals surface area contributed by atoms with Crippen LogP contribution in [0.3, 0.4) is 0 Å². The average Bonchev–Trinajstić information content (AvgIpc) is 2.53. The van der Waals surface area contributed by atoms with Crippen molar-refractivity contribution < 1.29 is 0 Å². The Kier molecular flexibility index (Phi) is 4.27. The fourth-order valence-electron chi connectivity index (χ4n) is 3.80. The number of nitrogens with two attached hydrogens (primary N) is 1. The molecule has 2 heteroatoms. The van der Waals surface area contributed by atoms with Gasteiger partial charge in [-0.3, -0.25) is 4.90 Å². The summed E-state index contributed by atoms with van der Waals surface area (Å²) in [5.74, 6) is 0.800. The summed E-state index contributed by atoms with van der Waals surface area (Å²) in [6, 6.07) is 16.3. The van der Waals surface area contributed by atoms with E-state index in [2.05, 4.69) is 61.2 Å². The average molecular weight is 282 g/mol. The molecule has 2 aromatic carbocycles. The molecule has 0 bridgehead atoms. The predicted molar refractivity (Wildman–Crippen MR) is 90.3 cm³/mol. The van der Waals surface area contributed by atoms with Gasteiger partial charge >= 0.3 is 0 Å². The Morgan fingerprint density at radius 1 is 1.19 bits per heavy atom. The van der Waals surface area contributed by atoms with Gasteiger partial charge < -0.3 is 5.73 Å². The van der Waals surface area contributed by atoms with Gasteiger partial charge in [0.1, 0.15) is 0 Å². The van der Waals surface area contributed by atoms with Gasteiger partial charge in [-0.2, -0.15) is 0 Å². The van der Waals surface area contributed by atoms with Crippen molar-refractivity contribution in [3.05, 3.63) is 48.0 Å². The highest BCUT2D eigenvalue weighted by Gasteiger charge is 2.29. The summed E-state index contributed by atoms with van der Waals surface area (Å²) in [5, 5.41) is 2.71. The van der Waals surface area contributed by atoms with E-state index in [0.717, 1.165) is 19.0 Å². The first-order chi connectivity index (χ1) is 10.2. The van der Waals surface area contributed by atoms with Gasteiger partial charge in [0.05, 0.1) is 0 Å². The number of likely N-dealkylation sites (tertiary alicyclic amines) is 1. The van der Waals surface area contributed by atoms with Crippen LogP contribution in [0.2, 0.25) is 0 Å². The van der Waals surface area contributed by atoms with Gasteiger partial charge in [-0.25, -0.2) is 0 Å². The molecule has 2 aromatic rings. The van der Waals surface area contributed by atoms with Crippen molar-refractivity contribution in [2.45, 2.75) is 38.8 Å². The molecule has 3 rings (SSSR count). The van der Waals surface area contributed by atoms with E-state index in [9.17, 15) is 0 Å². The highest BCUT2D eigenvalue weighted by molar-refractivity contribution is 5.86. The van der Waals surface area contributed by atoms with Crippen LogP contribution < -0.4 is 5.73 Å². The van der Waals surface area contributed by atoms with Crippen LogP contribution in [0.15, 0.2) is 42.5 Å². The molecule has 1 saturated heterocycles. The largest absolute Gasteiger partial charge is 0.329 e. The van der Waals surface area contributed by atoms with E-state index in [4.69, 9.17) is 5.73 Å². The Labute approximate surface area is 127 Å². The molecule has 3 atom stereocenters. The minimum Gasteiger partial charge on any atom is -0.329 e. The van der Waals surface area contributed by atoms with Crippen LogP contribution >= 0.6 is 0 Å². The van der Waals surface area contributed by atoms with Crippen molar-refractivity contribution in [3.8, 4) is 0 Å². The third-order valence-electron chi connectivity index (χ3n) is 5.07. The van der Waals surface area contributed by atoms with Gasteiger partial charge in [-0.1, -0.05) is 49.4 Å². The van der Waals surface area contributed by atoms with Crippen molar-refractivity contribution in [2.75, 3.05) is 13.1 Å². The van der Waals surface area contributed by atoms with Crippen LogP contribution in [0.5, 0.6) is 0 Å². The summed E-state index contributed by atoms with van der Waals surface area (Å²) < 4.78 is 0. The molecule has 1 heterocycles. The van der Waals surface area contributed by atoms with Gasteiger partial charge in [0.25, 0.3) is 0 Å². The topological polar surface area (TPSA) is 29.3 Å². The summed E-state index contributed by atoms with van der Waals surface area (Å²) in [4.78, 5) is 2.61. The first-order valence-electron chi connectivity index (χ1n) is 8.14. The smallest absolute Gasteiger partial charge is 0.0329 e. The molecule has 2 nitrogen and oxygen atoms in total. The van der Waals surface area contributed by atoms with E-state index >= 15 is 0 Å². The molecule has 0 aromatic heterocycles. The molecule has 1 aliphatic heterocycles. The zero-order chi connectivity index (χ0) is 14.8. The first-order valence-corrected chi connectivity index (χ1v) is 8.14. The molecule has 0 radical (unpaired) electrons. The predicted octanol–water partition coefficient (Wildman–Crippen LogP) is 3.96. The summed E-state index contributed by atoms with van der Waals surface area (Å²) in [6.45, 7) is 6.61. The molecule has 1 fully saturated rings. The van der Waals surface area contributed by atoms with Gasteiger partial charge in [0.2, 0.25) is 0 Å². The first kappa shape index (κ1) is 14.6. The van der Waals surface area contributed by atoms with Crippen molar-refractivity contribution in [1.29, 1.82) is 0 Å². The van der Waals surface area contributed by atoms with Crippen molar-refractivity contribution in [3.63, 3.8) is 0 Å². The fourth-order valence-corrected chi connectivity index (χ4v) is 3.80. The van der Waals surface area contributed by atoms with Crippen LogP contribution in [0, 0.1) is 5.92 Å². The second kappa shape index (κ2) is 6.17. The summed E-state index contributed by atoms with van der Waals surface area (Å²) in [5.41, 5.74) is 7.47. The zero-order valence-corrected chi connectivity index (χ0v) is 13.1. The van der Waals surface area contributed by atoms with Crippen molar-refractivity contribution >= 4 is 10.8 Å². The van der Waals surface area contributed by atoms with E-state index < -0.39 is 0 Å². The molecule has 3 unspecified atom stereocenters. The lowest BCUT2D eigenvalue weighted by molar-refractivity contribution is 0.0840. The fraction of sp³-hybridized carbons (Fsp3) is 0.474. The van der Waals surface area contributed by atoms with E-state index in [1.165, 1.54) is 29.2 Å². The molecule has 112 valence electrons. The van der Waals surface area contributed by atoms with Crippen LogP contribution in [0.4, 0.5) is 0 Å². The molecule has 0 amide bonds. The molecule has 0 saturated carbocycles. The standard InChI is InChI=1S/C19H26N2/c1-14-10-11-21(17(12-14)13-20)15(2)18-9-5-7-16-6-3-4-8-19(16)18/h3-9,14-15,17H,10-13,20H2,1-2H3. The Hall–Kier alpha value is -1.38. The van der Waals surface area contributed by atoms with Crippen LogP contribution in [0.25, 0.3) is 10.8 Å². The molecule has 1 aliphatic rings. The highest BCUT2D eigenvalue weighted by atomic mass is 15.2. The lowest BCUT2D eigenvalue weighted by Gasteiger charge is -2.42. The minimum atomic E-state index is 0.428. The van der Waals surface area contributed by atoms with E-state index in [1.54, 1.807) is 0 Å². The number of nitrogens with zero attached hydrogens (tertiary/aromatic N) is 1. The lowest BCUT2D eigenvalue weighted by Crippen LogP contribution is -2.47. The second-order valence-electron chi connectivity index (χ2n) is 6.50. The SMILES string of the molecule is CC1CCN(C(C)c2cccc3ccccc23)C(CN)C1. The van der Waals surface area contributed by atoms with Gasteiger partial charge in [0, 0.05) is 18.6 Å². The molecular formula is C19H26N2. The molecule has 0 spiro atoms. The van der Waals surface area contributed by atoms with Crippen LogP contribution in [-0.4, -0.2) is 24.0 Å². The lowest BCUT2D eigenvalue weighted by atomic mass is 9.89. The molecular weight excluding hydrogens is 256 g/mol. The number of benzene rings is 2. The number of hydrogen-bond donors (Lipinski definition) is 1. The van der Waals surface area contributed by atoms with Crippen molar-refractivity contribution in [1.82, 2.24) is 4.90 Å². The Morgan fingerprint density at radius 3 is 2.76 bits per heavy atom. The van der Waals surface area contributed by atoms with Crippen molar-refractivity contribution in [2.24, 2.45) is 11.7 Å². The summed E-state index contributed by atoms with van der Waals surface area (Å²) in [6.07, 6.45) is 2.51. The van der Waals surface area contributed by atoms with Crippen LogP contribution in [-0.2, 0) is 0 Å². The third kappa shape index (κ3) is 2.83. The maximum atomic E-state index is 6.04. The van der Waals surface area contributed by atoms with Gasteiger partial charge in [-0.15, -0.1) is 0 Å². The molecule has 21 heavy (non-hydrogen) atoms. The zero-order valence-electron chi connectivity index (χ0n) is 13.1. The Bertz CT molecular complexity index is 602. The quantitative estimate of drug-likeness (QED) is 0.923. The number of piperidine rings is 1.